The number of halogens is 1. The molecule has 0 aliphatic carbocycles. The molecule has 0 spiro atoms. The van der Waals surface area contributed by atoms with Crippen LogP contribution in [0.1, 0.15) is 10.7 Å². The van der Waals surface area contributed by atoms with Gasteiger partial charge in [-0.1, -0.05) is 46.3 Å². The predicted molar refractivity (Wildman–Crippen MR) is 119 cm³/mol. The van der Waals surface area contributed by atoms with Crippen molar-refractivity contribution in [2.75, 3.05) is 5.32 Å². The highest BCUT2D eigenvalue weighted by molar-refractivity contribution is 9.10. The minimum Gasteiger partial charge on any atom is -0.359 e. The average molecular weight is 447 g/mol. The summed E-state index contributed by atoms with van der Waals surface area (Å²) in [5, 5.41) is 16.5. The molecule has 2 heterocycles. The van der Waals surface area contributed by atoms with Crippen LogP contribution in [0.4, 0.5) is 5.69 Å². The van der Waals surface area contributed by atoms with Crippen LogP contribution in [-0.2, 0) is 0 Å². The van der Waals surface area contributed by atoms with E-state index in [0.717, 1.165) is 38.0 Å². The van der Waals surface area contributed by atoms with Gasteiger partial charge in [0.1, 0.15) is 16.6 Å². The Morgan fingerprint density at radius 1 is 1.11 bits per heavy atom. The molecular weight excluding hydrogens is 432 g/mol. The molecule has 0 atom stereocenters. The Morgan fingerprint density at radius 3 is 2.71 bits per heavy atom. The van der Waals surface area contributed by atoms with Gasteiger partial charge in [-0.3, -0.25) is 4.98 Å². The van der Waals surface area contributed by atoms with Crippen molar-refractivity contribution in [3.8, 4) is 17.3 Å². The number of rotatable bonds is 4. The van der Waals surface area contributed by atoms with E-state index in [-0.39, 0.29) is 0 Å². The molecule has 0 amide bonds. The second-order valence-electron chi connectivity index (χ2n) is 6.19. The summed E-state index contributed by atoms with van der Waals surface area (Å²) < 4.78 is 1.02. The molecule has 0 bridgehead atoms. The molecule has 2 aromatic carbocycles. The lowest BCUT2D eigenvalue weighted by Gasteiger charge is -2.06. The summed E-state index contributed by atoms with van der Waals surface area (Å²) in [6, 6.07) is 20.2. The standard InChI is InChI=1S/C22H15BrN4S/c1-14-5-6-16-3-2-4-19(21(16)26-14)25-12-17(11-24)22-27-20(13-28-22)15-7-9-18(23)10-8-15/h2-10,12-13,25H,1H3. The van der Waals surface area contributed by atoms with Gasteiger partial charge < -0.3 is 5.32 Å². The van der Waals surface area contributed by atoms with E-state index in [1.54, 1.807) is 6.20 Å². The number of fused-ring (bicyclic) bond motifs is 1. The maximum absolute atomic E-state index is 9.62. The van der Waals surface area contributed by atoms with Crippen molar-refractivity contribution in [3.05, 3.63) is 81.4 Å². The van der Waals surface area contributed by atoms with Crippen LogP contribution in [-0.4, -0.2) is 9.97 Å². The van der Waals surface area contributed by atoms with E-state index >= 15 is 0 Å². The Balaban J connectivity index is 1.63. The second kappa shape index (κ2) is 7.93. The van der Waals surface area contributed by atoms with E-state index < -0.39 is 0 Å². The van der Waals surface area contributed by atoms with Gasteiger partial charge in [-0.05, 0) is 31.2 Å². The van der Waals surface area contributed by atoms with Gasteiger partial charge in [-0.15, -0.1) is 11.3 Å². The average Bonchev–Trinajstić information content (AvgIpc) is 3.19. The number of anilines is 1. The van der Waals surface area contributed by atoms with E-state index in [9.17, 15) is 5.26 Å². The van der Waals surface area contributed by atoms with Gasteiger partial charge in [0.15, 0.2) is 0 Å². The third-order valence-electron chi connectivity index (χ3n) is 4.23. The third kappa shape index (κ3) is 3.81. The van der Waals surface area contributed by atoms with E-state index in [1.807, 2.05) is 66.9 Å². The maximum Gasteiger partial charge on any atom is 0.136 e. The molecule has 0 aliphatic heterocycles. The van der Waals surface area contributed by atoms with E-state index in [0.29, 0.717) is 10.6 Å². The van der Waals surface area contributed by atoms with Crippen molar-refractivity contribution in [1.29, 1.82) is 5.26 Å². The number of hydrogen-bond donors (Lipinski definition) is 1. The Bertz CT molecular complexity index is 1220. The van der Waals surface area contributed by atoms with E-state index in [4.69, 9.17) is 0 Å². The Kier molecular flexibility index (Phi) is 5.20. The zero-order valence-corrected chi connectivity index (χ0v) is 17.4. The minimum atomic E-state index is 0.484. The molecule has 1 N–H and O–H groups in total. The van der Waals surface area contributed by atoms with Crippen molar-refractivity contribution < 1.29 is 0 Å². The van der Waals surface area contributed by atoms with Crippen LogP contribution < -0.4 is 5.32 Å². The molecule has 4 nitrogen and oxygen atoms in total. The second-order valence-corrected chi connectivity index (χ2v) is 7.96. The number of aryl methyl sites for hydroxylation is 1. The summed E-state index contributed by atoms with van der Waals surface area (Å²) in [6.07, 6.45) is 1.70. The zero-order valence-electron chi connectivity index (χ0n) is 15.0. The van der Waals surface area contributed by atoms with Crippen LogP contribution >= 0.6 is 27.3 Å². The molecule has 2 aromatic heterocycles. The van der Waals surface area contributed by atoms with Gasteiger partial charge in [0.2, 0.25) is 0 Å². The number of aromatic nitrogens is 2. The molecule has 0 radical (unpaired) electrons. The van der Waals surface area contributed by atoms with Crippen LogP contribution in [0.5, 0.6) is 0 Å². The van der Waals surface area contributed by atoms with Crippen molar-refractivity contribution in [2.45, 2.75) is 6.92 Å². The molecule has 0 saturated heterocycles. The summed E-state index contributed by atoms with van der Waals surface area (Å²) in [6.45, 7) is 1.96. The fraction of sp³-hybridized carbons (Fsp3) is 0.0455. The highest BCUT2D eigenvalue weighted by Crippen LogP contribution is 2.28. The number of allylic oxidation sites excluding steroid dienone is 1. The smallest absolute Gasteiger partial charge is 0.136 e. The van der Waals surface area contributed by atoms with Crippen LogP contribution in [0.2, 0.25) is 0 Å². The van der Waals surface area contributed by atoms with Crippen molar-refractivity contribution in [1.82, 2.24) is 9.97 Å². The zero-order chi connectivity index (χ0) is 19.5. The van der Waals surface area contributed by atoms with Gasteiger partial charge in [0.05, 0.1) is 16.9 Å². The first-order valence-corrected chi connectivity index (χ1v) is 10.3. The maximum atomic E-state index is 9.62. The molecule has 136 valence electrons. The van der Waals surface area contributed by atoms with Crippen LogP contribution in [0, 0.1) is 18.3 Å². The molecule has 0 unspecified atom stereocenters. The lowest BCUT2D eigenvalue weighted by Crippen LogP contribution is -1.94. The lowest BCUT2D eigenvalue weighted by molar-refractivity contribution is 1.25. The summed E-state index contributed by atoms with van der Waals surface area (Å²) in [7, 11) is 0. The van der Waals surface area contributed by atoms with Gasteiger partial charge in [0, 0.05) is 32.7 Å². The first-order valence-electron chi connectivity index (χ1n) is 8.59. The van der Waals surface area contributed by atoms with E-state index in [2.05, 4.69) is 37.3 Å². The van der Waals surface area contributed by atoms with Gasteiger partial charge in [-0.2, -0.15) is 5.26 Å². The summed E-state index contributed by atoms with van der Waals surface area (Å²) in [4.78, 5) is 9.24. The monoisotopic (exact) mass is 446 g/mol. The van der Waals surface area contributed by atoms with Crippen LogP contribution in [0.15, 0.2) is 70.7 Å². The Morgan fingerprint density at radius 2 is 1.93 bits per heavy atom. The first kappa shape index (κ1) is 18.4. The lowest BCUT2D eigenvalue weighted by atomic mass is 10.1. The number of hydrogen-bond acceptors (Lipinski definition) is 5. The van der Waals surface area contributed by atoms with Crippen molar-refractivity contribution >= 4 is 49.4 Å². The number of benzene rings is 2. The number of para-hydroxylation sites is 1. The quantitative estimate of drug-likeness (QED) is 0.368. The summed E-state index contributed by atoms with van der Waals surface area (Å²) in [5.41, 5.74) is 5.05. The number of nitrogens with zero attached hydrogens (tertiary/aromatic N) is 3. The number of pyridine rings is 1. The first-order chi connectivity index (χ1) is 13.6. The minimum absolute atomic E-state index is 0.484. The molecule has 0 saturated carbocycles. The van der Waals surface area contributed by atoms with Crippen LogP contribution in [0.25, 0.3) is 27.7 Å². The van der Waals surface area contributed by atoms with Crippen LogP contribution in [0.3, 0.4) is 0 Å². The van der Waals surface area contributed by atoms with Gasteiger partial charge >= 0.3 is 0 Å². The van der Waals surface area contributed by atoms with Gasteiger partial charge in [0.25, 0.3) is 0 Å². The fourth-order valence-electron chi connectivity index (χ4n) is 2.80. The third-order valence-corrected chi connectivity index (χ3v) is 5.63. The largest absolute Gasteiger partial charge is 0.359 e. The van der Waals surface area contributed by atoms with Crippen molar-refractivity contribution in [3.63, 3.8) is 0 Å². The van der Waals surface area contributed by atoms with E-state index in [1.165, 1.54) is 11.3 Å². The molecular formula is C22H15BrN4S. The fourth-order valence-corrected chi connectivity index (χ4v) is 3.86. The molecule has 0 fully saturated rings. The number of thiazole rings is 1. The predicted octanol–water partition coefficient (Wildman–Crippen LogP) is 6.41. The highest BCUT2D eigenvalue weighted by Gasteiger charge is 2.10. The summed E-state index contributed by atoms with van der Waals surface area (Å²) >= 11 is 4.89. The van der Waals surface area contributed by atoms with Gasteiger partial charge in [-0.25, -0.2) is 4.98 Å². The molecule has 0 aliphatic rings. The molecule has 4 aromatic rings. The normalized spacial score (nSPS) is 11.4. The molecule has 4 rings (SSSR count). The number of nitriles is 1. The molecule has 28 heavy (non-hydrogen) atoms. The Labute approximate surface area is 175 Å². The number of nitrogens with one attached hydrogen (secondary N) is 1. The topological polar surface area (TPSA) is 61.6 Å². The van der Waals surface area contributed by atoms with Crippen molar-refractivity contribution in [2.24, 2.45) is 0 Å². The Hall–Kier alpha value is -3.01. The highest BCUT2D eigenvalue weighted by atomic mass is 79.9. The summed E-state index contributed by atoms with van der Waals surface area (Å²) in [5.74, 6) is 0. The SMILES string of the molecule is Cc1ccc2cccc(NC=C(C#N)c3nc(-c4ccc(Br)cc4)cs3)c2n1. The molecule has 6 heteroatoms.